The van der Waals surface area contributed by atoms with Crippen LogP contribution in [-0.4, -0.2) is 23.4 Å². The maximum absolute atomic E-state index is 10.7. The third-order valence-corrected chi connectivity index (χ3v) is 5.44. The van der Waals surface area contributed by atoms with E-state index in [9.17, 15) is 5.11 Å². The van der Waals surface area contributed by atoms with Gasteiger partial charge in [0.2, 0.25) is 0 Å². The molecule has 1 aliphatic heterocycles. The lowest BCUT2D eigenvalue weighted by atomic mass is 9.73. The van der Waals surface area contributed by atoms with Gasteiger partial charge in [0.05, 0.1) is 11.7 Å². The minimum absolute atomic E-state index is 0.120. The molecule has 2 heteroatoms. The molecule has 2 aliphatic rings. The summed E-state index contributed by atoms with van der Waals surface area (Å²) in [6, 6.07) is 0. The fraction of sp³-hybridized carbons (Fsp3) is 1.00. The molecule has 2 fully saturated rings. The van der Waals surface area contributed by atoms with Crippen LogP contribution in [0.25, 0.3) is 0 Å². The highest BCUT2D eigenvalue weighted by Crippen LogP contribution is 2.42. The van der Waals surface area contributed by atoms with Crippen LogP contribution in [0.4, 0.5) is 0 Å². The summed E-state index contributed by atoms with van der Waals surface area (Å²) in [5, 5.41) is 10.7. The molecule has 1 heterocycles. The zero-order chi connectivity index (χ0) is 15.5. The van der Waals surface area contributed by atoms with E-state index in [1.807, 2.05) is 0 Å². The maximum Gasteiger partial charge on any atom is 0.0686 e. The Bertz CT molecular complexity index is 307. The van der Waals surface area contributed by atoms with Crippen molar-refractivity contribution >= 4 is 0 Å². The molecule has 1 N–H and O–H groups in total. The second-order valence-electron chi connectivity index (χ2n) is 9.02. The maximum atomic E-state index is 10.7. The molecule has 0 aromatic heterocycles. The minimum Gasteiger partial charge on any atom is -0.393 e. The summed E-state index contributed by atoms with van der Waals surface area (Å²) in [6.45, 7) is 10.0. The summed E-state index contributed by atoms with van der Waals surface area (Å²) in [6.07, 6.45) is 10.6. The smallest absolute Gasteiger partial charge is 0.0686 e. The summed E-state index contributed by atoms with van der Waals surface area (Å²) in [7, 11) is 0. The SMILES string of the molecule is CC(CC(O)C1CCOC2(CCCCC2)C1)CC(C)(C)C. The molecule has 2 rings (SSSR count). The molecule has 3 unspecified atom stereocenters. The van der Waals surface area contributed by atoms with Crippen LogP contribution in [0.3, 0.4) is 0 Å². The normalized spacial score (nSPS) is 29.3. The van der Waals surface area contributed by atoms with Crippen molar-refractivity contribution in [2.75, 3.05) is 6.61 Å². The molecular weight excluding hydrogens is 260 g/mol. The first-order valence-electron chi connectivity index (χ1n) is 9.12. The zero-order valence-corrected chi connectivity index (χ0v) is 14.7. The molecule has 1 saturated carbocycles. The third-order valence-electron chi connectivity index (χ3n) is 5.44. The van der Waals surface area contributed by atoms with E-state index < -0.39 is 0 Å². The molecule has 1 aliphatic carbocycles. The van der Waals surface area contributed by atoms with Gasteiger partial charge in [-0.05, 0) is 55.8 Å². The molecule has 2 nitrogen and oxygen atoms in total. The van der Waals surface area contributed by atoms with Crippen molar-refractivity contribution in [3.8, 4) is 0 Å². The highest BCUT2D eigenvalue weighted by molar-refractivity contribution is 4.91. The van der Waals surface area contributed by atoms with E-state index in [0.29, 0.717) is 17.3 Å². The van der Waals surface area contributed by atoms with E-state index in [1.54, 1.807) is 0 Å². The molecule has 0 aromatic rings. The summed E-state index contributed by atoms with van der Waals surface area (Å²) < 4.78 is 6.16. The summed E-state index contributed by atoms with van der Waals surface area (Å²) in [5.41, 5.74) is 0.481. The standard InChI is InChI=1S/C19H36O2/c1-15(13-18(2,3)4)12-17(20)16-8-11-21-19(14-16)9-6-5-7-10-19/h15-17,20H,5-14H2,1-4H3. The van der Waals surface area contributed by atoms with Gasteiger partial charge in [-0.25, -0.2) is 0 Å². The first kappa shape index (κ1) is 17.3. The van der Waals surface area contributed by atoms with Gasteiger partial charge in [-0.2, -0.15) is 0 Å². The highest BCUT2D eigenvalue weighted by Gasteiger charge is 2.40. The fourth-order valence-electron chi connectivity index (χ4n) is 4.67. The Morgan fingerprint density at radius 2 is 1.86 bits per heavy atom. The van der Waals surface area contributed by atoms with Crippen LogP contribution in [0.5, 0.6) is 0 Å². The first-order valence-corrected chi connectivity index (χ1v) is 9.12. The van der Waals surface area contributed by atoms with Crippen molar-refractivity contribution in [2.45, 2.75) is 97.2 Å². The Morgan fingerprint density at radius 3 is 2.48 bits per heavy atom. The molecule has 3 atom stereocenters. The Morgan fingerprint density at radius 1 is 1.19 bits per heavy atom. The average Bonchev–Trinajstić information content (AvgIpc) is 2.37. The number of rotatable bonds is 4. The Hall–Kier alpha value is -0.0800. The minimum atomic E-state index is -0.134. The van der Waals surface area contributed by atoms with Crippen molar-refractivity contribution in [1.29, 1.82) is 0 Å². The van der Waals surface area contributed by atoms with Crippen LogP contribution >= 0.6 is 0 Å². The van der Waals surface area contributed by atoms with E-state index in [2.05, 4.69) is 27.7 Å². The fourth-order valence-corrected chi connectivity index (χ4v) is 4.67. The summed E-state index contributed by atoms with van der Waals surface area (Å²) >= 11 is 0. The van der Waals surface area contributed by atoms with Gasteiger partial charge in [-0.15, -0.1) is 0 Å². The molecule has 1 saturated heterocycles. The molecular formula is C19H36O2. The average molecular weight is 296 g/mol. The van der Waals surface area contributed by atoms with Gasteiger partial charge >= 0.3 is 0 Å². The first-order chi connectivity index (χ1) is 9.80. The van der Waals surface area contributed by atoms with Crippen LogP contribution < -0.4 is 0 Å². The predicted molar refractivity (Wildman–Crippen MR) is 88.4 cm³/mol. The van der Waals surface area contributed by atoms with Crippen LogP contribution in [-0.2, 0) is 4.74 Å². The molecule has 0 amide bonds. The lowest BCUT2D eigenvalue weighted by molar-refractivity contribution is -0.135. The Labute approximate surface area is 131 Å². The number of hydrogen-bond donors (Lipinski definition) is 1. The van der Waals surface area contributed by atoms with Crippen molar-refractivity contribution < 1.29 is 9.84 Å². The van der Waals surface area contributed by atoms with Gasteiger partial charge in [0.15, 0.2) is 0 Å². The third kappa shape index (κ3) is 5.25. The lowest BCUT2D eigenvalue weighted by Crippen LogP contribution is -2.44. The van der Waals surface area contributed by atoms with Crippen molar-refractivity contribution in [1.82, 2.24) is 0 Å². The van der Waals surface area contributed by atoms with Crippen molar-refractivity contribution in [3.05, 3.63) is 0 Å². The quantitative estimate of drug-likeness (QED) is 0.796. The number of ether oxygens (including phenoxy) is 1. The van der Waals surface area contributed by atoms with E-state index >= 15 is 0 Å². The molecule has 21 heavy (non-hydrogen) atoms. The van der Waals surface area contributed by atoms with Crippen LogP contribution in [0.2, 0.25) is 0 Å². The van der Waals surface area contributed by atoms with Gasteiger partial charge < -0.3 is 9.84 Å². The van der Waals surface area contributed by atoms with Crippen LogP contribution in [0.1, 0.15) is 85.5 Å². The van der Waals surface area contributed by atoms with Crippen molar-refractivity contribution in [2.24, 2.45) is 17.3 Å². The van der Waals surface area contributed by atoms with Crippen LogP contribution in [0.15, 0.2) is 0 Å². The van der Waals surface area contributed by atoms with Gasteiger partial charge in [0.1, 0.15) is 0 Å². The summed E-state index contributed by atoms with van der Waals surface area (Å²) in [4.78, 5) is 0. The second kappa shape index (κ2) is 7.00. The largest absolute Gasteiger partial charge is 0.393 e. The molecule has 124 valence electrons. The van der Waals surface area contributed by atoms with E-state index in [1.165, 1.54) is 38.5 Å². The zero-order valence-electron chi connectivity index (χ0n) is 14.7. The molecule has 0 radical (unpaired) electrons. The number of aliphatic hydroxyl groups excluding tert-OH is 1. The van der Waals surface area contributed by atoms with E-state index in [-0.39, 0.29) is 11.7 Å². The summed E-state index contributed by atoms with van der Waals surface area (Å²) in [5.74, 6) is 1.06. The van der Waals surface area contributed by atoms with Gasteiger partial charge in [-0.3, -0.25) is 0 Å². The molecule has 1 spiro atoms. The second-order valence-corrected chi connectivity index (χ2v) is 9.02. The van der Waals surface area contributed by atoms with E-state index in [0.717, 1.165) is 25.9 Å². The highest BCUT2D eigenvalue weighted by atomic mass is 16.5. The topological polar surface area (TPSA) is 29.5 Å². The molecule has 0 bridgehead atoms. The lowest BCUT2D eigenvalue weighted by Gasteiger charge is -2.45. The monoisotopic (exact) mass is 296 g/mol. The number of aliphatic hydroxyl groups is 1. The van der Waals surface area contributed by atoms with Gasteiger partial charge in [0, 0.05) is 6.61 Å². The number of hydrogen-bond acceptors (Lipinski definition) is 2. The van der Waals surface area contributed by atoms with Crippen LogP contribution in [0, 0.1) is 17.3 Å². The van der Waals surface area contributed by atoms with E-state index in [4.69, 9.17) is 4.74 Å². The van der Waals surface area contributed by atoms with Gasteiger partial charge in [-0.1, -0.05) is 47.0 Å². The van der Waals surface area contributed by atoms with Crippen molar-refractivity contribution in [3.63, 3.8) is 0 Å². The Balaban J connectivity index is 1.85. The Kier molecular flexibility index (Phi) is 5.76. The molecule has 0 aromatic carbocycles. The van der Waals surface area contributed by atoms with Gasteiger partial charge in [0.25, 0.3) is 0 Å². The predicted octanol–water partition coefficient (Wildman–Crippen LogP) is 4.94.